The summed E-state index contributed by atoms with van der Waals surface area (Å²) in [5.41, 5.74) is 0.341. The van der Waals surface area contributed by atoms with Crippen molar-refractivity contribution in [2.24, 2.45) is 0 Å². The Hall–Kier alpha value is -2.06. The van der Waals surface area contributed by atoms with Gasteiger partial charge in [0.05, 0.1) is 12.2 Å². The summed E-state index contributed by atoms with van der Waals surface area (Å²) < 4.78 is 7.94. The van der Waals surface area contributed by atoms with E-state index in [4.69, 9.17) is 17.0 Å². The van der Waals surface area contributed by atoms with E-state index in [-0.39, 0.29) is 12.1 Å². The maximum atomic E-state index is 12.3. The van der Waals surface area contributed by atoms with E-state index in [1.807, 2.05) is 52.1 Å². The lowest BCUT2D eigenvalue weighted by Crippen LogP contribution is -2.47. The fraction of sp³-hybridized carbons (Fsp3) is 0.579. The Labute approximate surface area is 164 Å². The summed E-state index contributed by atoms with van der Waals surface area (Å²) in [6.07, 6.45) is 1.53. The first-order chi connectivity index (χ1) is 12.7. The fourth-order valence-corrected chi connectivity index (χ4v) is 3.50. The Balaban J connectivity index is 1.59. The number of rotatable bonds is 3. The maximum absolute atomic E-state index is 12.3. The molecule has 146 valence electrons. The standard InChI is InChI=1S/C19H27N5O2S/c1-19(2,3)26-18(25)22(4)14-9-11-23(12-10-14)13-24-17(27)15-7-5-6-8-16(15)20-21-24/h5-8,14H,9-13H2,1-4H3. The summed E-state index contributed by atoms with van der Waals surface area (Å²) in [6.45, 7) is 8.00. The molecule has 3 rings (SSSR count). The summed E-state index contributed by atoms with van der Waals surface area (Å²) in [6, 6.07) is 7.97. The number of piperidine rings is 1. The molecular weight excluding hydrogens is 362 g/mol. The van der Waals surface area contributed by atoms with Crippen LogP contribution in [0.5, 0.6) is 0 Å². The van der Waals surface area contributed by atoms with Crippen LogP contribution in [0.3, 0.4) is 0 Å². The van der Waals surface area contributed by atoms with Crippen LogP contribution in [0.25, 0.3) is 10.9 Å². The van der Waals surface area contributed by atoms with Crippen LogP contribution in [-0.4, -0.2) is 62.7 Å². The SMILES string of the molecule is CN(C(=O)OC(C)(C)C)C1CCN(Cn2nnc3ccccc3c2=S)CC1. The molecule has 0 N–H and O–H groups in total. The number of benzene rings is 1. The van der Waals surface area contributed by atoms with Crippen LogP contribution in [0.2, 0.25) is 0 Å². The van der Waals surface area contributed by atoms with Gasteiger partial charge in [-0.1, -0.05) is 29.6 Å². The van der Waals surface area contributed by atoms with Crippen molar-refractivity contribution < 1.29 is 9.53 Å². The van der Waals surface area contributed by atoms with Crippen LogP contribution in [0.4, 0.5) is 4.79 Å². The molecule has 1 saturated heterocycles. The molecule has 1 aromatic heterocycles. The van der Waals surface area contributed by atoms with Crippen LogP contribution in [-0.2, 0) is 11.4 Å². The lowest BCUT2D eigenvalue weighted by Gasteiger charge is -2.37. The molecule has 0 unspecified atom stereocenters. The van der Waals surface area contributed by atoms with Crippen molar-refractivity contribution in [1.82, 2.24) is 24.8 Å². The molecule has 7 nitrogen and oxygen atoms in total. The Morgan fingerprint density at radius 2 is 1.96 bits per heavy atom. The zero-order valence-corrected chi connectivity index (χ0v) is 17.2. The minimum Gasteiger partial charge on any atom is -0.444 e. The third-order valence-electron chi connectivity index (χ3n) is 4.75. The van der Waals surface area contributed by atoms with Gasteiger partial charge in [0.15, 0.2) is 0 Å². The van der Waals surface area contributed by atoms with Crippen LogP contribution in [0, 0.1) is 4.64 Å². The van der Waals surface area contributed by atoms with Gasteiger partial charge in [0.25, 0.3) is 0 Å². The van der Waals surface area contributed by atoms with Crippen molar-refractivity contribution in [2.45, 2.75) is 51.9 Å². The van der Waals surface area contributed by atoms with Gasteiger partial charge in [0, 0.05) is 31.6 Å². The van der Waals surface area contributed by atoms with Gasteiger partial charge in [-0.2, -0.15) is 0 Å². The average molecular weight is 390 g/mol. The molecule has 1 aliphatic rings. The second-order valence-corrected chi connectivity index (χ2v) is 8.38. The van der Waals surface area contributed by atoms with Crippen molar-refractivity contribution in [1.29, 1.82) is 0 Å². The molecular formula is C19H27N5O2S. The molecule has 2 aromatic rings. The highest BCUT2D eigenvalue weighted by Gasteiger charge is 2.28. The van der Waals surface area contributed by atoms with Gasteiger partial charge in [-0.05, 0) is 45.7 Å². The quantitative estimate of drug-likeness (QED) is 0.749. The largest absolute Gasteiger partial charge is 0.444 e. The highest BCUT2D eigenvalue weighted by Crippen LogP contribution is 2.19. The Morgan fingerprint density at radius 3 is 2.63 bits per heavy atom. The first-order valence-corrected chi connectivity index (χ1v) is 9.66. The molecule has 0 atom stereocenters. The Morgan fingerprint density at radius 1 is 1.30 bits per heavy atom. The van der Waals surface area contributed by atoms with Crippen molar-refractivity contribution >= 4 is 29.2 Å². The first kappa shape index (κ1) is 19.7. The first-order valence-electron chi connectivity index (χ1n) is 9.25. The number of ether oxygens (including phenoxy) is 1. The smallest absolute Gasteiger partial charge is 0.410 e. The number of aromatic nitrogens is 3. The molecule has 0 saturated carbocycles. The molecule has 1 fully saturated rings. The summed E-state index contributed by atoms with van der Waals surface area (Å²) in [5.74, 6) is 0. The normalized spacial score (nSPS) is 16.4. The number of fused-ring (bicyclic) bond motifs is 1. The Bertz CT molecular complexity index is 868. The number of carbonyl (C=O) groups is 1. The number of amides is 1. The van der Waals surface area contributed by atoms with E-state index < -0.39 is 5.60 Å². The lowest BCUT2D eigenvalue weighted by molar-refractivity contribution is 0.0134. The second-order valence-electron chi connectivity index (χ2n) is 7.99. The highest BCUT2D eigenvalue weighted by atomic mass is 32.1. The number of hydrogen-bond donors (Lipinski definition) is 0. The highest BCUT2D eigenvalue weighted by molar-refractivity contribution is 7.71. The van der Waals surface area contributed by atoms with Gasteiger partial charge in [-0.3, -0.25) is 4.90 Å². The van der Waals surface area contributed by atoms with Gasteiger partial charge in [0.1, 0.15) is 10.2 Å². The van der Waals surface area contributed by atoms with Gasteiger partial charge in [-0.25, -0.2) is 9.48 Å². The lowest BCUT2D eigenvalue weighted by atomic mass is 10.0. The van der Waals surface area contributed by atoms with E-state index in [9.17, 15) is 4.79 Å². The summed E-state index contributed by atoms with van der Waals surface area (Å²) in [7, 11) is 1.82. The minimum atomic E-state index is -0.475. The maximum Gasteiger partial charge on any atom is 0.410 e. The van der Waals surface area contributed by atoms with Gasteiger partial charge < -0.3 is 9.64 Å². The second kappa shape index (κ2) is 7.90. The molecule has 8 heteroatoms. The molecule has 0 spiro atoms. The predicted molar refractivity (Wildman–Crippen MR) is 107 cm³/mol. The number of likely N-dealkylation sites (tertiary alicyclic amines) is 1. The van der Waals surface area contributed by atoms with E-state index in [0.717, 1.165) is 36.8 Å². The fourth-order valence-electron chi connectivity index (χ4n) is 3.24. The van der Waals surface area contributed by atoms with Crippen LogP contribution in [0.15, 0.2) is 24.3 Å². The molecule has 27 heavy (non-hydrogen) atoms. The van der Waals surface area contributed by atoms with E-state index in [2.05, 4.69) is 15.2 Å². The third-order valence-corrected chi connectivity index (χ3v) is 5.18. The average Bonchev–Trinajstić information content (AvgIpc) is 2.63. The molecule has 1 aromatic carbocycles. The zero-order chi connectivity index (χ0) is 19.6. The van der Waals surface area contributed by atoms with E-state index in [1.165, 1.54) is 0 Å². The van der Waals surface area contributed by atoms with E-state index in [0.29, 0.717) is 11.3 Å². The summed E-state index contributed by atoms with van der Waals surface area (Å²) >= 11 is 5.58. The van der Waals surface area contributed by atoms with Gasteiger partial charge in [-0.15, -0.1) is 5.10 Å². The van der Waals surface area contributed by atoms with Gasteiger partial charge in [0.2, 0.25) is 0 Å². The molecule has 0 bridgehead atoms. The predicted octanol–water partition coefficient (Wildman–Crippen LogP) is 3.45. The molecule has 1 aliphatic heterocycles. The molecule has 1 amide bonds. The molecule has 2 heterocycles. The summed E-state index contributed by atoms with van der Waals surface area (Å²) in [4.78, 5) is 16.3. The van der Waals surface area contributed by atoms with E-state index >= 15 is 0 Å². The zero-order valence-electron chi connectivity index (χ0n) is 16.4. The number of nitrogens with zero attached hydrogens (tertiary/aromatic N) is 5. The summed E-state index contributed by atoms with van der Waals surface area (Å²) in [5, 5.41) is 9.46. The van der Waals surface area contributed by atoms with Crippen molar-refractivity contribution in [3.8, 4) is 0 Å². The number of carbonyl (C=O) groups excluding carboxylic acids is 1. The van der Waals surface area contributed by atoms with Crippen LogP contribution in [0.1, 0.15) is 33.6 Å². The number of hydrogen-bond acceptors (Lipinski definition) is 6. The third kappa shape index (κ3) is 4.81. The van der Waals surface area contributed by atoms with Gasteiger partial charge >= 0.3 is 6.09 Å². The monoisotopic (exact) mass is 389 g/mol. The Kier molecular flexibility index (Phi) is 5.76. The topological polar surface area (TPSA) is 63.5 Å². The van der Waals surface area contributed by atoms with Crippen molar-refractivity contribution in [2.75, 3.05) is 20.1 Å². The van der Waals surface area contributed by atoms with Crippen LogP contribution >= 0.6 is 12.2 Å². The molecule has 0 aliphatic carbocycles. The minimum absolute atomic E-state index is 0.187. The van der Waals surface area contributed by atoms with Crippen molar-refractivity contribution in [3.63, 3.8) is 0 Å². The molecule has 0 radical (unpaired) electrons. The van der Waals surface area contributed by atoms with Crippen molar-refractivity contribution in [3.05, 3.63) is 28.9 Å². The van der Waals surface area contributed by atoms with Crippen LogP contribution < -0.4 is 0 Å². The van der Waals surface area contributed by atoms with E-state index in [1.54, 1.807) is 9.58 Å².